The van der Waals surface area contributed by atoms with Crippen LogP contribution in [0.4, 0.5) is 13.2 Å². The summed E-state index contributed by atoms with van der Waals surface area (Å²) >= 11 is 0. The van der Waals surface area contributed by atoms with Crippen molar-refractivity contribution in [1.29, 1.82) is 5.41 Å². The van der Waals surface area contributed by atoms with Gasteiger partial charge in [-0.25, -0.2) is 0 Å². The molecule has 32 heavy (non-hydrogen) atoms. The molecule has 1 amide bonds. The first-order valence-electron chi connectivity index (χ1n) is 9.67. The SMILES string of the molecule is CN(C)Cc1ccc(COc2ccc(C(F)(F)F)c3cc(C(=O)N(C)C(=N)N)[nH]c23)cc1. The zero-order valence-electron chi connectivity index (χ0n) is 17.9. The topological polar surface area (TPSA) is 98.4 Å². The number of guanidine groups is 1. The number of nitrogens with one attached hydrogen (secondary N) is 2. The predicted octanol–water partition coefficient (Wildman–Crippen LogP) is 3.79. The molecule has 0 aliphatic heterocycles. The number of hydrogen-bond acceptors (Lipinski definition) is 4. The molecule has 0 fully saturated rings. The maximum absolute atomic E-state index is 13.5. The summed E-state index contributed by atoms with van der Waals surface area (Å²) in [4.78, 5) is 18.0. The van der Waals surface area contributed by atoms with Crippen molar-refractivity contribution < 1.29 is 22.7 Å². The molecular weight excluding hydrogens is 423 g/mol. The molecule has 10 heteroatoms. The lowest BCUT2D eigenvalue weighted by Crippen LogP contribution is -2.38. The number of alkyl halides is 3. The van der Waals surface area contributed by atoms with Crippen molar-refractivity contribution in [3.05, 3.63) is 64.8 Å². The van der Waals surface area contributed by atoms with Crippen molar-refractivity contribution in [1.82, 2.24) is 14.8 Å². The zero-order valence-corrected chi connectivity index (χ0v) is 17.9. The van der Waals surface area contributed by atoms with E-state index in [-0.39, 0.29) is 29.0 Å². The second-order valence-electron chi connectivity index (χ2n) is 7.67. The molecule has 1 heterocycles. The zero-order chi connectivity index (χ0) is 23.6. The molecule has 0 bridgehead atoms. The number of carbonyl (C=O) groups is 1. The molecule has 2 aromatic carbocycles. The van der Waals surface area contributed by atoms with Gasteiger partial charge in [-0.1, -0.05) is 24.3 Å². The van der Waals surface area contributed by atoms with E-state index in [1.54, 1.807) is 0 Å². The van der Waals surface area contributed by atoms with Gasteiger partial charge in [0, 0.05) is 19.0 Å². The Labute approximate surface area is 183 Å². The third-order valence-corrected chi connectivity index (χ3v) is 4.87. The number of halogens is 3. The number of benzene rings is 2. The molecular formula is C22H24F3N5O2. The minimum atomic E-state index is -4.62. The van der Waals surface area contributed by atoms with Gasteiger partial charge in [-0.05, 0) is 43.4 Å². The van der Waals surface area contributed by atoms with Crippen LogP contribution in [0.3, 0.4) is 0 Å². The van der Waals surface area contributed by atoms with Crippen LogP contribution in [0.5, 0.6) is 5.75 Å². The summed E-state index contributed by atoms with van der Waals surface area (Å²) < 4.78 is 46.3. The van der Waals surface area contributed by atoms with E-state index in [0.717, 1.165) is 34.7 Å². The number of hydrogen-bond donors (Lipinski definition) is 3. The maximum atomic E-state index is 13.5. The second kappa shape index (κ2) is 8.91. The van der Waals surface area contributed by atoms with Crippen molar-refractivity contribution in [2.24, 2.45) is 5.73 Å². The first-order valence-corrected chi connectivity index (χ1v) is 9.67. The molecule has 0 aliphatic carbocycles. The van der Waals surface area contributed by atoms with Crippen LogP contribution >= 0.6 is 0 Å². The summed E-state index contributed by atoms with van der Waals surface area (Å²) in [5, 5.41) is 7.18. The third-order valence-electron chi connectivity index (χ3n) is 4.87. The maximum Gasteiger partial charge on any atom is 0.417 e. The highest BCUT2D eigenvalue weighted by atomic mass is 19.4. The number of ether oxygens (including phenoxy) is 1. The molecule has 1 aromatic heterocycles. The number of aromatic nitrogens is 1. The predicted molar refractivity (Wildman–Crippen MR) is 115 cm³/mol. The van der Waals surface area contributed by atoms with Gasteiger partial charge in [-0.15, -0.1) is 0 Å². The summed E-state index contributed by atoms with van der Waals surface area (Å²) in [6.07, 6.45) is -4.62. The molecule has 0 saturated heterocycles. The molecule has 0 saturated carbocycles. The molecule has 0 atom stereocenters. The summed E-state index contributed by atoms with van der Waals surface area (Å²) in [6.45, 7) is 0.924. The molecule has 0 unspecified atom stereocenters. The molecule has 4 N–H and O–H groups in total. The quantitative estimate of drug-likeness (QED) is 0.396. The lowest BCUT2D eigenvalue weighted by atomic mass is 10.1. The average molecular weight is 447 g/mol. The van der Waals surface area contributed by atoms with Crippen LogP contribution in [0.15, 0.2) is 42.5 Å². The molecule has 3 aromatic rings. The summed E-state index contributed by atoms with van der Waals surface area (Å²) in [5.41, 5.74) is 6.30. The Hall–Kier alpha value is -3.53. The van der Waals surface area contributed by atoms with Crippen LogP contribution in [0.2, 0.25) is 0 Å². The number of fused-ring (bicyclic) bond motifs is 1. The Kier molecular flexibility index (Phi) is 6.45. The smallest absolute Gasteiger partial charge is 0.417 e. The number of aromatic amines is 1. The standard InChI is InChI=1S/C22H24F3N5O2/c1-29(2)11-13-4-6-14(7-5-13)12-32-18-9-8-16(22(23,24)25)15-10-17(28-19(15)18)20(31)30(3)21(26)27/h4-10,28H,11-12H2,1-3H3,(H3,26,27). The monoisotopic (exact) mass is 447 g/mol. The lowest BCUT2D eigenvalue weighted by molar-refractivity contribution is -0.136. The van der Waals surface area contributed by atoms with E-state index in [0.29, 0.717) is 0 Å². The number of H-pyrrole nitrogens is 1. The van der Waals surface area contributed by atoms with Gasteiger partial charge in [-0.3, -0.25) is 15.1 Å². The fourth-order valence-electron chi connectivity index (χ4n) is 3.23. The van der Waals surface area contributed by atoms with E-state index in [2.05, 4.69) is 4.98 Å². The first-order chi connectivity index (χ1) is 15.0. The van der Waals surface area contributed by atoms with Gasteiger partial charge < -0.3 is 20.4 Å². The normalized spacial score (nSPS) is 11.7. The van der Waals surface area contributed by atoms with Gasteiger partial charge in [0.1, 0.15) is 18.1 Å². The fourth-order valence-corrected chi connectivity index (χ4v) is 3.23. The van der Waals surface area contributed by atoms with Gasteiger partial charge >= 0.3 is 6.18 Å². The van der Waals surface area contributed by atoms with Crippen molar-refractivity contribution >= 4 is 22.8 Å². The molecule has 170 valence electrons. The number of amides is 1. The van der Waals surface area contributed by atoms with Gasteiger partial charge in [-0.2, -0.15) is 13.2 Å². The Bertz CT molecular complexity index is 1140. The highest BCUT2D eigenvalue weighted by molar-refractivity contribution is 6.06. The largest absolute Gasteiger partial charge is 0.487 e. The second-order valence-corrected chi connectivity index (χ2v) is 7.67. The van der Waals surface area contributed by atoms with Gasteiger partial charge in [0.05, 0.1) is 11.1 Å². The van der Waals surface area contributed by atoms with Crippen molar-refractivity contribution in [3.8, 4) is 5.75 Å². The van der Waals surface area contributed by atoms with E-state index in [9.17, 15) is 18.0 Å². The highest BCUT2D eigenvalue weighted by Crippen LogP contribution is 2.39. The van der Waals surface area contributed by atoms with Gasteiger partial charge in [0.2, 0.25) is 0 Å². The van der Waals surface area contributed by atoms with E-state index >= 15 is 0 Å². The van der Waals surface area contributed by atoms with E-state index in [4.69, 9.17) is 15.9 Å². The van der Waals surface area contributed by atoms with Crippen LogP contribution in [-0.4, -0.2) is 47.8 Å². The Morgan fingerprint density at radius 3 is 2.28 bits per heavy atom. The minimum Gasteiger partial charge on any atom is -0.487 e. The van der Waals surface area contributed by atoms with E-state index in [1.807, 2.05) is 43.3 Å². The number of carbonyl (C=O) groups excluding carboxylic acids is 1. The summed E-state index contributed by atoms with van der Waals surface area (Å²) in [5.74, 6) is -1.09. The Morgan fingerprint density at radius 2 is 1.72 bits per heavy atom. The van der Waals surface area contributed by atoms with Crippen molar-refractivity contribution in [2.75, 3.05) is 21.1 Å². The fraction of sp³-hybridized carbons (Fsp3) is 0.273. The molecule has 0 spiro atoms. The number of rotatable bonds is 6. The Morgan fingerprint density at radius 1 is 1.09 bits per heavy atom. The van der Waals surface area contributed by atoms with Crippen LogP contribution in [0.25, 0.3) is 10.9 Å². The van der Waals surface area contributed by atoms with E-state index < -0.39 is 23.6 Å². The first kappa shape index (κ1) is 23.1. The molecule has 7 nitrogen and oxygen atoms in total. The Balaban J connectivity index is 1.93. The van der Waals surface area contributed by atoms with E-state index in [1.165, 1.54) is 13.1 Å². The number of nitrogens with two attached hydrogens (primary N) is 1. The summed E-state index contributed by atoms with van der Waals surface area (Å²) in [7, 11) is 5.20. The average Bonchev–Trinajstić information content (AvgIpc) is 3.16. The lowest BCUT2D eigenvalue weighted by Gasteiger charge is -2.13. The third kappa shape index (κ3) is 5.02. The molecule has 3 rings (SSSR count). The van der Waals surface area contributed by atoms with Gasteiger partial charge in [0.25, 0.3) is 5.91 Å². The highest BCUT2D eigenvalue weighted by Gasteiger charge is 2.34. The number of nitrogens with zero attached hydrogens (tertiary/aromatic N) is 2. The van der Waals surface area contributed by atoms with Crippen molar-refractivity contribution in [3.63, 3.8) is 0 Å². The molecule has 0 radical (unpaired) electrons. The van der Waals surface area contributed by atoms with Gasteiger partial charge in [0.15, 0.2) is 5.96 Å². The minimum absolute atomic E-state index is 0.0457. The van der Waals surface area contributed by atoms with Crippen LogP contribution in [-0.2, 0) is 19.3 Å². The van der Waals surface area contributed by atoms with Crippen molar-refractivity contribution in [2.45, 2.75) is 19.3 Å². The summed E-state index contributed by atoms with van der Waals surface area (Å²) in [6, 6.07) is 11.0. The van der Waals surface area contributed by atoms with Crippen LogP contribution in [0, 0.1) is 5.41 Å². The van der Waals surface area contributed by atoms with Crippen LogP contribution < -0.4 is 10.5 Å². The van der Waals surface area contributed by atoms with Crippen LogP contribution in [0.1, 0.15) is 27.2 Å². The molecule has 0 aliphatic rings.